The largest absolute Gasteiger partial charge is 0.473 e. The molecule has 1 N–H and O–H groups in total. The summed E-state index contributed by atoms with van der Waals surface area (Å²) >= 11 is 0. The van der Waals surface area contributed by atoms with E-state index in [2.05, 4.69) is 5.32 Å². The van der Waals surface area contributed by atoms with Gasteiger partial charge in [-0.3, -0.25) is 5.32 Å². The summed E-state index contributed by atoms with van der Waals surface area (Å²) in [5, 5.41) is 3.07. The number of benzene rings is 1. The van der Waals surface area contributed by atoms with E-state index in [1.54, 1.807) is 0 Å². The van der Waals surface area contributed by atoms with E-state index in [1.807, 2.05) is 51.2 Å². The number of nitrogens with one attached hydrogen (secondary N) is 1. The molecule has 0 radical (unpaired) electrons. The molecular formula is C10H15NO. The van der Waals surface area contributed by atoms with Crippen molar-refractivity contribution >= 4 is 0 Å². The molecule has 0 fully saturated rings. The fourth-order valence-corrected chi connectivity index (χ4v) is 0.834. The predicted molar refractivity (Wildman–Crippen MR) is 50.2 cm³/mol. The summed E-state index contributed by atoms with van der Waals surface area (Å²) in [5.41, 5.74) is -0.304. The molecule has 0 bridgehead atoms. The molecule has 0 aliphatic heterocycles. The van der Waals surface area contributed by atoms with Gasteiger partial charge in [0.2, 0.25) is 0 Å². The number of ether oxygens (including phenoxy) is 1. The summed E-state index contributed by atoms with van der Waals surface area (Å²) in [5.74, 6) is 0.886. The molecule has 1 rings (SSSR count). The van der Waals surface area contributed by atoms with Crippen molar-refractivity contribution < 1.29 is 4.74 Å². The third-order valence-corrected chi connectivity index (χ3v) is 1.72. The topological polar surface area (TPSA) is 21.3 Å². The van der Waals surface area contributed by atoms with Crippen molar-refractivity contribution in [3.8, 4) is 5.75 Å². The van der Waals surface area contributed by atoms with E-state index in [0.29, 0.717) is 0 Å². The maximum Gasteiger partial charge on any atom is 0.155 e. The molecule has 0 aliphatic rings. The van der Waals surface area contributed by atoms with Crippen LogP contribution in [0.1, 0.15) is 13.8 Å². The first-order valence-electron chi connectivity index (χ1n) is 4.07. The second-order valence-corrected chi connectivity index (χ2v) is 3.18. The zero-order valence-electron chi connectivity index (χ0n) is 7.79. The van der Waals surface area contributed by atoms with Crippen LogP contribution in [0.3, 0.4) is 0 Å². The van der Waals surface area contributed by atoms with Gasteiger partial charge in [-0.05, 0) is 33.0 Å². The molecule has 0 spiro atoms. The molecule has 0 saturated carbocycles. The third kappa shape index (κ3) is 2.55. The zero-order valence-corrected chi connectivity index (χ0v) is 7.79. The van der Waals surface area contributed by atoms with Crippen LogP contribution in [0, 0.1) is 0 Å². The van der Waals surface area contributed by atoms with Crippen molar-refractivity contribution in [2.75, 3.05) is 7.05 Å². The molecule has 0 heterocycles. The van der Waals surface area contributed by atoms with E-state index in [4.69, 9.17) is 4.74 Å². The van der Waals surface area contributed by atoms with Crippen molar-refractivity contribution in [3.05, 3.63) is 30.3 Å². The fourth-order valence-electron chi connectivity index (χ4n) is 0.834. The maximum absolute atomic E-state index is 5.64. The van der Waals surface area contributed by atoms with Crippen LogP contribution in [0.4, 0.5) is 0 Å². The molecular weight excluding hydrogens is 150 g/mol. The van der Waals surface area contributed by atoms with E-state index in [-0.39, 0.29) is 5.72 Å². The second kappa shape index (κ2) is 3.59. The first-order chi connectivity index (χ1) is 5.64. The van der Waals surface area contributed by atoms with E-state index in [0.717, 1.165) is 5.75 Å². The maximum atomic E-state index is 5.64. The number of para-hydroxylation sites is 1. The van der Waals surface area contributed by atoms with Crippen LogP contribution < -0.4 is 10.1 Å². The summed E-state index contributed by atoms with van der Waals surface area (Å²) in [7, 11) is 1.88. The summed E-state index contributed by atoms with van der Waals surface area (Å²) in [6.07, 6.45) is 0. The first-order valence-corrected chi connectivity index (χ1v) is 4.07. The molecule has 0 aliphatic carbocycles. The van der Waals surface area contributed by atoms with Gasteiger partial charge in [0, 0.05) is 0 Å². The molecule has 1 aromatic rings. The lowest BCUT2D eigenvalue weighted by atomic mass is 10.3. The molecule has 2 heteroatoms. The Bertz CT molecular complexity index is 231. The van der Waals surface area contributed by atoms with E-state index in [9.17, 15) is 0 Å². The van der Waals surface area contributed by atoms with Gasteiger partial charge in [-0.15, -0.1) is 0 Å². The van der Waals surface area contributed by atoms with Crippen LogP contribution in [0.25, 0.3) is 0 Å². The van der Waals surface area contributed by atoms with Crippen LogP contribution >= 0.6 is 0 Å². The molecule has 0 unspecified atom stereocenters. The second-order valence-electron chi connectivity index (χ2n) is 3.18. The van der Waals surface area contributed by atoms with Gasteiger partial charge in [-0.25, -0.2) is 0 Å². The highest BCUT2D eigenvalue weighted by molar-refractivity contribution is 5.21. The molecule has 0 aromatic heterocycles. The van der Waals surface area contributed by atoms with Crippen LogP contribution in [0.2, 0.25) is 0 Å². The van der Waals surface area contributed by atoms with Gasteiger partial charge in [0.15, 0.2) is 5.72 Å². The lowest BCUT2D eigenvalue weighted by Crippen LogP contribution is -2.42. The van der Waals surface area contributed by atoms with Gasteiger partial charge in [-0.2, -0.15) is 0 Å². The third-order valence-electron chi connectivity index (χ3n) is 1.72. The van der Waals surface area contributed by atoms with E-state index < -0.39 is 0 Å². The standard InChI is InChI=1S/C10H15NO/c1-10(2,11-3)12-9-7-5-4-6-8-9/h4-8,11H,1-3H3. The average Bonchev–Trinajstić information content (AvgIpc) is 2.06. The smallest absolute Gasteiger partial charge is 0.155 e. The Morgan fingerprint density at radius 3 is 2.25 bits per heavy atom. The van der Waals surface area contributed by atoms with Gasteiger partial charge >= 0.3 is 0 Å². The van der Waals surface area contributed by atoms with Crippen molar-refractivity contribution in [1.29, 1.82) is 0 Å². The highest BCUT2D eigenvalue weighted by atomic mass is 16.5. The molecule has 12 heavy (non-hydrogen) atoms. The lowest BCUT2D eigenvalue weighted by Gasteiger charge is -2.25. The van der Waals surface area contributed by atoms with Crippen LogP contribution in [0.15, 0.2) is 30.3 Å². The SMILES string of the molecule is CNC(C)(C)Oc1ccccc1. The summed E-state index contributed by atoms with van der Waals surface area (Å²) in [4.78, 5) is 0. The normalized spacial score (nSPS) is 11.2. The number of hydrogen-bond acceptors (Lipinski definition) is 2. The average molecular weight is 165 g/mol. The highest BCUT2D eigenvalue weighted by Crippen LogP contribution is 2.14. The Morgan fingerprint density at radius 1 is 1.17 bits per heavy atom. The van der Waals surface area contributed by atoms with Crippen molar-refractivity contribution in [2.24, 2.45) is 0 Å². The zero-order chi connectivity index (χ0) is 9.03. The fraction of sp³-hybridized carbons (Fsp3) is 0.400. The Labute approximate surface area is 73.6 Å². The lowest BCUT2D eigenvalue weighted by molar-refractivity contribution is 0.0805. The number of hydrogen-bond donors (Lipinski definition) is 1. The van der Waals surface area contributed by atoms with E-state index >= 15 is 0 Å². The minimum absolute atomic E-state index is 0.304. The quantitative estimate of drug-likeness (QED) is 0.692. The Balaban J connectivity index is 2.64. The van der Waals surface area contributed by atoms with Gasteiger partial charge in [0.05, 0.1) is 0 Å². The van der Waals surface area contributed by atoms with Crippen LogP contribution in [0.5, 0.6) is 5.75 Å². The van der Waals surface area contributed by atoms with E-state index in [1.165, 1.54) is 0 Å². The van der Waals surface area contributed by atoms with Crippen molar-refractivity contribution in [1.82, 2.24) is 5.32 Å². The van der Waals surface area contributed by atoms with Gasteiger partial charge in [0.25, 0.3) is 0 Å². The number of rotatable bonds is 3. The molecule has 0 saturated heterocycles. The molecule has 0 atom stereocenters. The highest BCUT2D eigenvalue weighted by Gasteiger charge is 2.15. The molecule has 1 aromatic carbocycles. The Kier molecular flexibility index (Phi) is 2.71. The summed E-state index contributed by atoms with van der Waals surface area (Å²) in [6, 6.07) is 9.78. The first kappa shape index (κ1) is 9.07. The Hall–Kier alpha value is -1.02. The predicted octanol–water partition coefficient (Wildman–Crippen LogP) is 2.02. The van der Waals surface area contributed by atoms with Gasteiger partial charge in [0.1, 0.15) is 5.75 Å². The Morgan fingerprint density at radius 2 is 1.75 bits per heavy atom. The van der Waals surface area contributed by atoms with Crippen LogP contribution in [-0.2, 0) is 0 Å². The molecule has 2 nitrogen and oxygen atoms in total. The summed E-state index contributed by atoms with van der Waals surface area (Å²) in [6.45, 7) is 3.97. The molecule has 66 valence electrons. The van der Waals surface area contributed by atoms with Gasteiger partial charge < -0.3 is 4.74 Å². The van der Waals surface area contributed by atoms with Crippen molar-refractivity contribution in [2.45, 2.75) is 19.6 Å². The van der Waals surface area contributed by atoms with Gasteiger partial charge in [-0.1, -0.05) is 18.2 Å². The van der Waals surface area contributed by atoms with Crippen LogP contribution in [-0.4, -0.2) is 12.8 Å². The monoisotopic (exact) mass is 165 g/mol. The minimum Gasteiger partial charge on any atom is -0.473 e. The summed E-state index contributed by atoms with van der Waals surface area (Å²) < 4.78 is 5.64. The minimum atomic E-state index is -0.304. The van der Waals surface area contributed by atoms with Crippen molar-refractivity contribution in [3.63, 3.8) is 0 Å². The molecule has 0 amide bonds.